The fraction of sp³-hybridized carbons (Fsp3) is 1.00. The van der Waals surface area contributed by atoms with Crippen molar-refractivity contribution in [1.82, 2.24) is 0 Å². The van der Waals surface area contributed by atoms with Crippen LogP contribution in [0.25, 0.3) is 0 Å². The van der Waals surface area contributed by atoms with E-state index in [9.17, 15) is 5.21 Å². The van der Waals surface area contributed by atoms with Crippen LogP contribution in [0, 0.1) is 0 Å². The van der Waals surface area contributed by atoms with Crippen molar-refractivity contribution in [3.05, 3.63) is 0 Å². The van der Waals surface area contributed by atoms with Crippen LogP contribution in [0.3, 0.4) is 0 Å². The Kier molecular flexibility index (Phi) is 16.9. The number of unbranched alkanes of at least 4 members (excludes halogenated alkanes) is 8. The highest BCUT2D eigenvalue weighted by Gasteiger charge is 2.30. The number of quaternary nitrogens is 1. The molecule has 21 heavy (non-hydrogen) atoms. The van der Waals surface area contributed by atoms with E-state index in [1.165, 1.54) is 64.2 Å². The van der Waals surface area contributed by atoms with Crippen LogP contribution in [-0.2, 0) is 0 Å². The van der Waals surface area contributed by atoms with E-state index in [0.29, 0.717) is 6.04 Å². The van der Waals surface area contributed by atoms with E-state index in [1.807, 2.05) is 0 Å². The van der Waals surface area contributed by atoms with Gasteiger partial charge in [0.1, 0.15) is 19.1 Å². The molecule has 0 aromatic carbocycles. The molecule has 1 atom stereocenters. The topological polar surface area (TPSA) is 20.2 Å². The predicted molar refractivity (Wildman–Crippen MR) is 89.1 cm³/mol. The third kappa shape index (κ3) is 10.5. The molecule has 1 unspecified atom stereocenters. The Morgan fingerprint density at radius 3 is 1.52 bits per heavy atom. The summed E-state index contributed by atoms with van der Waals surface area (Å²) in [5.74, 6) is 0. The van der Waals surface area contributed by atoms with Gasteiger partial charge >= 0.3 is 0 Å². The fourth-order valence-corrected chi connectivity index (χ4v) is 3.21. The minimum atomic E-state index is 0. The summed E-state index contributed by atoms with van der Waals surface area (Å²) < 4.78 is 0.271. The Labute approximate surface area is 140 Å². The monoisotopic (exact) mass is 321 g/mol. The molecule has 0 aliphatic heterocycles. The molecule has 0 aromatic rings. The summed E-state index contributed by atoms with van der Waals surface area (Å²) in [6, 6.07) is 0.439. The van der Waals surface area contributed by atoms with E-state index in [-0.39, 0.29) is 17.1 Å². The predicted octanol–water partition coefficient (Wildman–Crippen LogP) is 2.94. The zero-order chi connectivity index (χ0) is 15.3. The third-order valence-corrected chi connectivity index (χ3v) is 4.89. The van der Waals surface area contributed by atoms with Gasteiger partial charge in [0.25, 0.3) is 0 Å². The first-order valence-electron chi connectivity index (χ1n) is 9.24. The fourth-order valence-electron chi connectivity index (χ4n) is 3.21. The second-order valence-corrected chi connectivity index (χ2v) is 6.30. The minimum absolute atomic E-state index is 0. The molecular formula is C18H40ClNO. The Balaban J connectivity index is 0. The zero-order valence-electron chi connectivity index (χ0n) is 15.0. The van der Waals surface area contributed by atoms with Gasteiger partial charge in [-0.3, -0.25) is 0 Å². The summed E-state index contributed by atoms with van der Waals surface area (Å²) in [6.07, 6.45) is 14.7. The highest BCUT2D eigenvalue weighted by atomic mass is 35.5. The van der Waals surface area contributed by atoms with Gasteiger partial charge in [-0.15, -0.1) is 0 Å². The largest absolute Gasteiger partial charge is 1.00 e. The van der Waals surface area contributed by atoms with Gasteiger partial charge < -0.3 is 12.4 Å². The summed E-state index contributed by atoms with van der Waals surface area (Å²) >= 11 is 0. The SMILES string of the molecule is CCCCCCCCCCCC(CC)[N+](O)(CC)CC.[Cl-]. The van der Waals surface area contributed by atoms with Gasteiger partial charge in [-0.2, -0.15) is 4.65 Å². The van der Waals surface area contributed by atoms with E-state index >= 15 is 0 Å². The smallest absolute Gasteiger partial charge is 0.119 e. The Morgan fingerprint density at radius 1 is 0.714 bits per heavy atom. The van der Waals surface area contributed by atoms with Crippen molar-refractivity contribution in [3.8, 4) is 0 Å². The van der Waals surface area contributed by atoms with Crippen LogP contribution in [-0.4, -0.2) is 29.0 Å². The molecule has 0 radical (unpaired) electrons. The van der Waals surface area contributed by atoms with Crippen molar-refractivity contribution in [2.24, 2.45) is 0 Å². The van der Waals surface area contributed by atoms with Gasteiger partial charge in [0, 0.05) is 6.42 Å². The summed E-state index contributed by atoms with van der Waals surface area (Å²) in [7, 11) is 0. The van der Waals surface area contributed by atoms with Gasteiger partial charge in [-0.05, 0) is 26.7 Å². The van der Waals surface area contributed by atoms with E-state index < -0.39 is 0 Å². The number of rotatable bonds is 14. The average molecular weight is 322 g/mol. The molecule has 0 heterocycles. The normalized spacial score (nSPS) is 13.0. The third-order valence-electron chi connectivity index (χ3n) is 4.89. The van der Waals surface area contributed by atoms with Crippen molar-refractivity contribution in [3.63, 3.8) is 0 Å². The van der Waals surface area contributed by atoms with Gasteiger partial charge in [-0.25, -0.2) is 5.21 Å². The number of hydroxylamine groups is 3. The van der Waals surface area contributed by atoms with Crippen LogP contribution in [0.1, 0.15) is 98.3 Å². The van der Waals surface area contributed by atoms with Crippen molar-refractivity contribution < 1.29 is 22.3 Å². The molecule has 0 amide bonds. The van der Waals surface area contributed by atoms with Crippen LogP contribution in [0.4, 0.5) is 0 Å². The molecule has 0 aliphatic rings. The van der Waals surface area contributed by atoms with Crippen LogP contribution in [0.5, 0.6) is 0 Å². The maximum Gasteiger partial charge on any atom is 0.119 e. The van der Waals surface area contributed by atoms with E-state index in [1.54, 1.807) is 0 Å². The molecule has 2 nitrogen and oxygen atoms in total. The molecule has 0 bridgehead atoms. The molecule has 0 saturated heterocycles. The van der Waals surface area contributed by atoms with Crippen LogP contribution in [0.2, 0.25) is 0 Å². The van der Waals surface area contributed by atoms with E-state index in [0.717, 1.165) is 19.5 Å². The number of hydrogen-bond donors (Lipinski definition) is 1. The van der Waals surface area contributed by atoms with Crippen molar-refractivity contribution in [2.45, 2.75) is 104 Å². The van der Waals surface area contributed by atoms with E-state index in [4.69, 9.17) is 0 Å². The van der Waals surface area contributed by atoms with E-state index in [2.05, 4.69) is 27.7 Å². The molecule has 0 aliphatic carbocycles. The molecule has 130 valence electrons. The maximum absolute atomic E-state index is 10.5. The molecular weight excluding hydrogens is 282 g/mol. The van der Waals surface area contributed by atoms with Gasteiger partial charge in [-0.1, -0.05) is 65.2 Å². The lowest BCUT2D eigenvalue weighted by molar-refractivity contribution is -1.12. The van der Waals surface area contributed by atoms with Gasteiger partial charge in [0.2, 0.25) is 0 Å². The quantitative estimate of drug-likeness (QED) is 0.296. The molecule has 0 saturated carbocycles. The Bertz CT molecular complexity index is 207. The summed E-state index contributed by atoms with van der Waals surface area (Å²) in [4.78, 5) is 0. The molecule has 0 spiro atoms. The highest BCUT2D eigenvalue weighted by Crippen LogP contribution is 2.20. The van der Waals surface area contributed by atoms with Gasteiger partial charge in [0.15, 0.2) is 0 Å². The lowest BCUT2D eigenvalue weighted by Crippen LogP contribution is -3.00. The number of hydrogen-bond acceptors (Lipinski definition) is 1. The standard InChI is InChI=1S/C18H40NO.ClH/c1-5-9-10-11-12-13-14-15-16-17-18(6-2)19(20,7-3)8-4;/h18,20H,5-17H2,1-4H3;1H/q+1;/p-1. The van der Waals surface area contributed by atoms with Crippen LogP contribution in [0.15, 0.2) is 0 Å². The van der Waals surface area contributed by atoms with Gasteiger partial charge in [0.05, 0.1) is 0 Å². The second-order valence-electron chi connectivity index (χ2n) is 6.30. The lowest BCUT2D eigenvalue weighted by Gasteiger charge is -2.35. The van der Waals surface area contributed by atoms with Crippen molar-refractivity contribution in [1.29, 1.82) is 0 Å². The molecule has 1 N–H and O–H groups in total. The van der Waals surface area contributed by atoms with Crippen molar-refractivity contribution in [2.75, 3.05) is 13.1 Å². The summed E-state index contributed by atoms with van der Waals surface area (Å²) in [5.41, 5.74) is 0. The average Bonchev–Trinajstić information content (AvgIpc) is 2.48. The Hall–Kier alpha value is 0.210. The molecule has 3 heteroatoms. The first kappa shape index (κ1) is 23.5. The molecule has 0 fully saturated rings. The number of halogens is 1. The highest BCUT2D eigenvalue weighted by molar-refractivity contribution is 4.57. The zero-order valence-corrected chi connectivity index (χ0v) is 15.8. The first-order chi connectivity index (χ1) is 9.64. The lowest BCUT2D eigenvalue weighted by atomic mass is 10.0. The number of nitrogens with zero attached hydrogens (tertiary/aromatic N) is 1. The van der Waals surface area contributed by atoms with Crippen LogP contribution < -0.4 is 12.4 Å². The summed E-state index contributed by atoms with van der Waals surface area (Å²) in [6.45, 7) is 10.4. The maximum atomic E-state index is 10.5. The second kappa shape index (κ2) is 15.1. The first-order valence-corrected chi connectivity index (χ1v) is 9.24. The molecule has 0 rings (SSSR count). The Morgan fingerprint density at radius 2 is 1.14 bits per heavy atom. The molecule has 0 aromatic heterocycles. The minimum Gasteiger partial charge on any atom is -1.00 e. The van der Waals surface area contributed by atoms with Crippen LogP contribution >= 0.6 is 0 Å². The van der Waals surface area contributed by atoms with Crippen molar-refractivity contribution >= 4 is 0 Å². The summed E-state index contributed by atoms with van der Waals surface area (Å²) in [5, 5.41) is 10.5.